The maximum Gasteiger partial charge on any atom is 0.323 e. The molecule has 1 aromatic carbocycles. The highest BCUT2D eigenvalue weighted by molar-refractivity contribution is 7.89. The molecule has 0 saturated heterocycles. The van der Waals surface area contributed by atoms with E-state index < -0.39 is 16.1 Å². The Bertz CT molecular complexity index is 1210. The average molecular weight is 571 g/mol. The molecule has 0 unspecified atom stereocenters. The van der Waals surface area contributed by atoms with Crippen molar-refractivity contribution in [1.82, 2.24) is 15.0 Å². The van der Waals surface area contributed by atoms with Crippen LogP contribution in [0.3, 0.4) is 0 Å². The largest absolute Gasteiger partial charge is 0.461 e. The number of thiazole rings is 1. The minimum absolute atomic E-state index is 0.0200. The topological polar surface area (TPSA) is 126 Å². The third kappa shape index (κ3) is 8.47. The van der Waals surface area contributed by atoms with Gasteiger partial charge in [0.2, 0.25) is 15.9 Å². The molecule has 3 N–H and O–H groups in total. The number of aromatic nitrogens is 1. The van der Waals surface area contributed by atoms with E-state index in [1.807, 2.05) is 13.8 Å². The number of hydrogen-bond acceptors (Lipinski definition) is 8. The van der Waals surface area contributed by atoms with E-state index in [9.17, 15) is 18.0 Å². The summed E-state index contributed by atoms with van der Waals surface area (Å²) in [5, 5.41) is 6.32. The zero-order valence-corrected chi connectivity index (χ0v) is 24.0. The molecule has 0 radical (unpaired) electrons. The minimum atomic E-state index is -3.93. The number of carbonyl (C=O) groups is 2. The number of rotatable bonds is 12. The lowest BCUT2D eigenvalue weighted by Gasteiger charge is -2.22. The van der Waals surface area contributed by atoms with E-state index in [0.29, 0.717) is 22.8 Å². The summed E-state index contributed by atoms with van der Waals surface area (Å²) in [5.74, 6) is -0.245. The molecule has 1 aromatic heterocycles. The van der Waals surface area contributed by atoms with Crippen molar-refractivity contribution in [3.05, 3.63) is 28.9 Å². The van der Waals surface area contributed by atoms with E-state index in [1.165, 1.54) is 30.4 Å². The van der Waals surface area contributed by atoms with Crippen LogP contribution in [0.15, 0.2) is 23.1 Å². The zero-order valence-electron chi connectivity index (χ0n) is 21.6. The highest BCUT2D eigenvalue weighted by Gasteiger charge is 2.26. The molecule has 1 saturated carbocycles. The van der Waals surface area contributed by atoms with Gasteiger partial charge in [0, 0.05) is 20.0 Å². The summed E-state index contributed by atoms with van der Waals surface area (Å²) in [6, 6.07) is 4.24. The first-order valence-electron chi connectivity index (χ1n) is 12.4. The van der Waals surface area contributed by atoms with Crippen molar-refractivity contribution in [3.8, 4) is 10.4 Å². The molecular formula is C25H35ClN4O5S2. The van der Waals surface area contributed by atoms with Gasteiger partial charge >= 0.3 is 5.97 Å². The van der Waals surface area contributed by atoms with E-state index in [1.54, 1.807) is 13.0 Å². The zero-order chi connectivity index (χ0) is 27.2. The SMILES string of the molecule is CC(=O)Nc1nc(C)c(-c2ccc(Cl)c(S(=O)(=O)NCCN[C@@H](CC(C)C)C(=O)OC3CCCC3)c2)s1. The smallest absolute Gasteiger partial charge is 0.323 e. The molecule has 2 aromatic rings. The molecule has 37 heavy (non-hydrogen) atoms. The van der Waals surface area contributed by atoms with Crippen LogP contribution in [0.25, 0.3) is 10.4 Å². The number of hydrogen-bond donors (Lipinski definition) is 3. The summed E-state index contributed by atoms with van der Waals surface area (Å²) < 4.78 is 34.4. The molecule has 204 valence electrons. The summed E-state index contributed by atoms with van der Waals surface area (Å²) in [4.78, 5) is 29.0. The van der Waals surface area contributed by atoms with Crippen LogP contribution in [0.5, 0.6) is 0 Å². The summed E-state index contributed by atoms with van der Waals surface area (Å²) in [6.07, 6.45) is 4.52. The highest BCUT2D eigenvalue weighted by Crippen LogP contribution is 2.35. The van der Waals surface area contributed by atoms with Gasteiger partial charge in [-0.25, -0.2) is 18.1 Å². The van der Waals surface area contributed by atoms with Crippen LogP contribution in [0.4, 0.5) is 5.13 Å². The highest BCUT2D eigenvalue weighted by atomic mass is 35.5. The van der Waals surface area contributed by atoms with Crippen molar-refractivity contribution in [2.24, 2.45) is 5.92 Å². The summed E-state index contributed by atoms with van der Waals surface area (Å²) >= 11 is 7.51. The normalized spacial score (nSPS) is 15.2. The third-order valence-electron chi connectivity index (χ3n) is 5.95. The van der Waals surface area contributed by atoms with E-state index >= 15 is 0 Å². The molecule has 3 rings (SSSR count). The number of benzene rings is 1. The molecule has 1 atom stereocenters. The first-order chi connectivity index (χ1) is 17.5. The van der Waals surface area contributed by atoms with Crippen molar-refractivity contribution in [3.63, 3.8) is 0 Å². The Kier molecular flexibility index (Phi) is 10.5. The average Bonchev–Trinajstić information content (AvgIpc) is 3.44. The Morgan fingerprint density at radius 1 is 1.22 bits per heavy atom. The summed E-state index contributed by atoms with van der Waals surface area (Å²) in [7, 11) is -3.93. The van der Waals surface area contributed by atoms with E-state index in [-0.39, 0.29) is 46.9 Å². The Morgan fingerprint density at radius 2 is 1.92 bits per heavy atom. The molecule has 12 heteroatoms. The number of nitrogens with zero attached hydrogens (tertiary/aromatic N) is 1. The number of anilines is 1. The second-order valence-corrected chi connectivity index (χ2v) is 12.8. The number of carbonyl (C=O) groups excluding carboxylic acids is 2. The van der Waals surface area contributed by atoms with Crippen LogP contribution in [-0.4, -0.2) is 50.5 Å². The lowest BCUT2D eigenvalue weighted by atomic mass is 10.0. The Hall–Kier alpha value is -2.05. The van der Waals surface area contributed by atoms with E-state index in [2.05, 4.69) is 20.3 Å². The Labute approximate surface area is 227 Å². The van der Waals surface area contributed by atoms with Crippen LogP contribution < -0.4 is 15.4 Å². The van der Waals surface area contributed by atoms with Crippen LogP contribution in [0, 0.1) is 12.8 Å². The van der Waals surface area contributed by atoms with Crippen molar-refractivity contribution < 1.29 is 22.7 Å². The first kappa shape index (κ1) is 29.5. The van der Waals surface area contributed by atoms with E-state index in [0.717, 1.165) is 30.6 Å². The molecule has 0 bridgehead atoms. The molecule has 1 amide bonds. The number of ether oxygens (including phenoxy) is 1. The summed E-state index contributed by atoms with van der Waals surface area (Å²) in [5.41, 5.74) is 1.29. The maximum absolute atomic E-state index is 13.1. The van der Waals surface area contributed by atoms with Crippen molar-refractivity contribution in [1.29, 1.82) is 0 Å². The molecule has 9 nitrogen and oxygen atoms in total. The van der Waals surface area contributed by atoms with Gasteiger partial charge in [0.25, 0.3) is 0 Å². The van der Waals surface area contributed by atoms with Crippen LogP contribution in [-0.2, 0) is 24.3 Å². The van der Waals surface area contributed by atoms with Gasteiger partial charge in [-0.15, -0.1) is 0 Å². The second kappa shape index (κ2) is 13.1. The predicted molar refractivity (Wildman–Crippen MR) is 146 cm³/mol. The standard InChI is InChI=1S/C25H35ClN4O5S2/c1-15(2)13-21(24(32)35-19-7-5-6-8-19)27-11-12-28-37(33,34)22-14-18(9-10-20(22)26)23-16(3)29-25(36-23)30-17(4)31/h9-10,14-15,19,21,27-28H,5-8,11-13H2,1-4H3,(H,29,30,31)/t21-/m0/s1. The van der Waals surface area contributed by atoms with Crippen LogP contribution >= 0.6 is 22.9 Å². The fourth-order valence-corrected chi connectivity index (χ4v) is 6.78. The van der Waals surface area contributed by atoms with Gasteiger partial charge in [-0.05, 0) is 62.6 Å². The van der Waals surface area contributed by atoms with Crippen molar-refractivity contribution in [2.45, 2.75) is 76.8 Å². The second-order valence-electron chi connectivity index (χ2n) is 9.64. The third-order valence-corrected chi connectivity index (χ3v) is 9.01. The number of aryl methyl sites for hydroxylation is 1. The maximum atomic E-state index is 13.1. The number of halogens is 1. The number of nitrogens with one attached hydrogen (secondary N) is 3. The molecule has 1 heterocycles. The first-order valence-corrected chi connectivity index (χ1v) is 15.1. The lowest BCUT2D eigenvalue weighted by molar-refractivity contribution is -0.151. The molecule has 0 aliphatic heterocycles. The lowest BCUT2D eigenvalue weighted by Crippen LogP contribution is -2.43. The molecule has 1 fully saturated rings. The van der Waals surface area contributed by atoms with Gasteiger partial charge in [-0.2, -0.15) is 0 Å². The Balaban J connectivity index is 1.64. The van der Waals surface area contributed by atoms with Gasteiger partial charge in [-0.1, -0.05) is 42.9 Å². The van der Waals surface area contributed by atoms with Crippen LogP contribution in [0.2, 0.25) is 5.02 Å². The van der Waals surface area contributed by atoms with Crippen LogP contribution in [0.1, 0.15) is 58.6 Å². The van der Waals surface area contributed by atoms with Crippen molar-refractivity contribution >= 4 is 50.0 Å². The molecule has 1 aliphatic carbocycles. The quantitative estimate of drug-likeness (QED) is 0.253. The molecule has 0 spiro atoms. The molecular weight excluding hydrogens is 536 g/mol. The van der Waals surface area contributed by atoms with Gasteiger partial charge in [0.1, 0.15) is 17.0 Å². The monoisotopic (exact) mass is 570 g/mol. The number of amides is 1. The van der Waals surface area contributed by atoms with Gasteiger partial charge in [-0.3, -0.25) is 9.59 Å². The van der Waals surface area contributed by atoms with Gasteiger partial charge in [0.05, 0.1) is 15.6 Å². The fourth-order valence-electron chi connectivity index (χ4n) is 4.22. The van der Waals surface area contributed by atoms with E-state index in [4.69, 9.17) is 16.3 Å². The molecule has 1 aliphatic rings. The number of esters is 1. The number of sulfonamides is 1. The summed E-state index contributed by atoms with van der Waals surface area (Å²) in [6.45, 7) is 7.56. The predicted octanol–water partition coefficient (Wildman–Crippen LogP) is 4.50. The fraction of sp³-hybridized carbons (Fsp3) is 0.560. The minimum Gasteiger partial charge on any atom is -0.461 e. The van der Waals surface area contributed by atoms with Gasteiger partial charge in [0.15, 0.2) is 5.13 Å². The Morgan fingerprint density at radius 3 is 2.57 bits per heavy atom. The van der Waals surface area contributed by atoms with Crippen molar-refractivity contribution in [2.75, 3.05) is 18.4 Å². The van der Waals surface area contributed by atoms with Gasteiger partial charge < -0.3 is 15.4 Å².